The third-order valence-electron chi connectivity index (χ3n) is 3.79. The van der Waals surface area contributed by atoms with Crippen LogP contribution in [0.5, 0.6) is 0 Å². The number of ether oxygens (including phenoxy) is 1. The van der Waals surface area contributed by atoms with E-state index in [-0.39, 0.29) is 5.97 Å². The largest absolute Gasteiger partial charge is 0.466 e. The number of para-hydroxylation sites is 1. The van der Waals surface area contributed by atoms with Crippen molar-refractivity contribution in [1.29, 1.82) is 0 Å². The van der Waals surface area contributed by atoms with Gasteiger partial charge >= 0.3 is 5.97 Å². The van der Waals surface area contributed by atoms with Crippen molar-refractivity contribution in [3.63, 3.8) is 0 Å². The topological polar surface area (TPSA) is 34.5 Å². The first-order valence-corrected chi connectivity index (χ1v) is 7.99. The highest BCUT2D eigenvalue weighted by Crippen LogP contribution is 2.21. The number of hydrogen-bond acceptors (Lipinski definition) is 3. The van der Waals surface area contributed by atoms with Gasteiger partial charge in [0.2, 0.25) is 0 Å². The third kappa shape index (κ3) is 4.34. The van der Waals surface area contributed by atoms with Crippen LogP contribution in [0.15, 0.2) is 30.3 Å². The van der Waals surface area contributed by atoms with Crippen LogP contribution in [0, 0.1) is 0 Å². The monoisotopic (exact) mass is 302 g/mol. The van der Waals surface area contributed by atoms with E-state index in [0.717, 1.165) is 25.9 Å². The zero-order valence-corrected chi connectivity index (χ0v) is 13.8. The Labute approximate surface area is 132 Å². The van der Waals surface area contributed by atoms with Crippen LogP contribution in [0.3, 0.4) is 0 Å². The molecule has 1 aromatic carbocycles. The molecule has 4 nitrogen and oxygen atoms in total. The fourth-order valence-corrected chi connectivity index (χ4v) is 2.69. The Morgan fingerprint density at radius 3 is 2.77 bits per heavy atom. The molecule has 0 spiro atoms. The van der Waals surface area contributed by atoms with Crippen LogP contribution in [-0.4, -0.2) is 42.7 Å². The highest BCUT2D eigenvalue weighted by Gasteiger charge is 2.10. The number of nitrogens with zero attached hydrogens (tertiary/aromatic N) is 2. The zero-order chi connectivity index (χ0) is 15.9. The smallest absolute Gasteiger partial charge is 0.305 e. The van der Waals surface area contributed by atoms with Crippen LogP contribution >= 0.6 is 0 Å². The van der Waals surface area contributed by atoms with E-state index in [1.165, 1.54) is 16.6 Å². The number of fused-ring (bicyclic) bond motifs is 1. The lowest BCUT2D eigenvalue weighted by atomic mass is 10.2. The van der Waals surface area contributed by atoms with Crippen molar-refractivity contribution in [1.82, 2.24) is 9.47 Å². The summed E-state index contributed by atoms with van der Waals surface area (Å²) in [6.45, 7) is 4.28. The lowest BCUT2D eigenvalue weighted by Crippen LogP contribution is -2.19. The van der Waals surface area contributed by atoms with E-state index in [2.05, 4.69) is 53.9 Å². The van der Waals surface area contributed by atoms with Gasteiger partial charge in [0.25, 0.3) is 0 Å². The van der Waals surface area contributed by atoms with Gasteiger partial charge < -0.3 is 14.2 Å². The number of likely N-dealkylation sites (N-methyl/N-ethyl adjacent to an activating group) is 1. The Balaban J connectivity index is 2.10. The molecule has 4 heteroatoms. The molecule has 120 valence electrons. The second-order valence-corrected chi connectivity index (χ2v) is 5.81. The molecule has 1 heterocycles. The van der Waals surface area contributed by atoms with Gasteiger partial charge in [-0.05, 0) is 51.4 Å². The molecule has 0 bridgehead atoms. The van der Waals surface area contributed by atoms with E-state index in [1.807, 2.05) is 6.92 Å². The van der Waals surface area contributed by atoms with Gasteiger partial charge in [0.05, 0.1) is 6.61 Å². The van der Waals surface area contributed by atoms with Crippen molar-refractivity contribution in [3.05, 3.63) is 36.0 Å². The Bertz CT molecular complexity index is 617. The van der Waals surface area contributed by atoms with E-state index < -0.39 is 0 Å². The lowest BCUT2D eigenvalue weighted by molar-refractivity contribution is -0.143. The van der Waals surface area contributed by atoms with E-state index in [1.54, 1.807) is 0 Å². The van der Waals surface area contributed by atoms with Crippen LogP contribution in [0.2, 0.25) is 0 Å². The van der Waals surface area contributed by atoms with Crippen LogP contribution in [-0.2, 0) is 22.5 Å². The van der Waals surface area contributed by atoms with E-state index in [0.29, 0.717) is 13.0 Å². The van der Waals surface area contributed by atoms with Crippen molar-refractivity contribution >= 4 is 16.9 Å². The minimum Gasteiger partial charge on any atom is -0.466 e. The molecule has 0 aliphatic carbocycles. The van der Waals surface area contributed by atoms with Crippen LogP contribution in [0.25, 0.3) is 10.9 Å². The molecule has 0 amide bonds. The average Bonchev–Trinajstić information content (AvgIpc) is 2.83. The minimum atomic E-state index is -0.0987. The number of benzene rings is 1. The molecule has 0 unspecified atom stereocenters. The van der Waals surface area contributed by atoms with Gasteiger partial charge in [-0.3, -0.25) is 4.79 Å². The molecule has 0 aliphatic rings. The van der Waals surface area contributed by atoms with Gasteiger partial charge in [0, 0.05) is 30.7 Å². The van der Waals surface area contributed by atoms with Gasteiger partial charge in [0.15, 0.2) is 0 Å². The molecule has 2 aromatic rings. The van der Waals surface area contributed by atoms with Gasteiger partial charge in [-0.15, -0.1) is 0 Å². The van der Waals surface area contributed by atoms with Crippen molar-refractivity contribution in [2.75, 3.05) is 27.2 Å². The summed E-state index contributed by atoms with van der Waals surface area (Å²) in [5, 5.41) is 1.27. The first-order valence-electron chi connectivity index (χ1n) is 7.99. The maximum atomic E-state index is 11.5. The van der Waals surface area contributed by atoms with Crippen molar-refractivity contribution in [2.45, 2.75) is 32.7 Å². The van der Waals surface area contributed by atoms with E-state index in [9.17, 15) is 4.79 Å². The molecule has 0 aliphatic heterocycles. The number of rotatable bonds is 8. The van der Waals surface area contributed by atoms with E-state index in [4.69, 9.17) is 4.74 Å². The summed E-state index contributed by atoms with van der Waals surface area (Å²) in [5.41, 5.74) is 2.57. The number of carbonyl (C=O) groups is 1. The van der Waals surface area contributed by atoms with Crippen molar-refractivity contribution in [3.8, 4) is 0 Å². The number of esters is 1. The molecule has 0 saturated heterocycles. The molecular formula is C18H26N2O2. The number of aryl methyl sites for hydroxylation is 1. The van der Waals surface area contributed by atoms with Crippen molar-refractivity contribution < 1.29 is 9.53 Å². The van der Waals surface area contributed by atoms with Crippen LogP contribution in [0.4, 0.5) is 0 Å². The Hall–Kier alpha value is -1.81. The van der Waals surface area contributed by atoms with Crippen molar-refractivity contribution in [2.24, 2.45) is 0 Å². The standard InChI is InChI=1S/C18H26N2O2/c1-4-22-18(21)11-7-9-16-14-15-8-5-6-10-17(15)20(16)13-12-19(2)3/h5-6,8,10,14H,4,7,9,11-13H2,1-3H3. The molecule has 0 fully saturated rings. The predicted molar refractivity (Wildman–Crippen MR) is 90.1 cm³/mol. The molecular weight excluding hydrogens is 276 g/mol. The molecule has 0 N–H and O–H groups in total. The Morgan fingerprint density at radius 1 is 1.27 bits per heavy atom. The molecule has 0 atom stereocenters. The highest BCUT2D eigenvalue weighted by atomic mass is 16.5. The number of aromatic nitrogens is 1. The summed E-state index contributed by atoms with van der Waals surface area (Å²) in [4.78, 5) is 13.7. The average molecular weight is 302 g/mol. The summed E-state index contributed by atoms with van der Waals surface area (Å²) in [6, 6.07) is 10.7. The number of carbonyl (C=O) groups excluding carboxylic acids is 1. The highest BCUT2D eigenvalue weighted by molar-refractivity contribution is 5.81. The summed E-state index contributed by atoms with van der Waals surface area (Å²) in [6.07, 6.45) is 2.22. The Morgan fingerprint density at radius 2 is 2.05 bits per heavy atom. The van der Waals surface area contributed by atoms with Gasteiger partial charge in [0.1, 0.15) is 0 Å². The molecule has 22 heavy (non-hydrogen) atoms. The third-order valence-corrected chi connectivity index (χ3v) is 3.79. The van der Waals surface area contributed by atoms with Crippen LogP contribution in [0.1, 0.15) is 25.5 Å². The normalized spacial score (nSPS) is 11.3. The Kier molecular flexibility index (Phi) is 6.01. The molecule has 2 rings (SSSR count). The zero-order valence-electron chi connectivity index (χ0n) is 13.8. The minimum absolute atomic E-state index is 0.0987. The SMILES string of the molecule is CCOC(=O)CCCc1cc2ccccc2n1CCN(C)C. The van der Waals surface area contributed by atoms with Gasteiger partial charge in [-0.2, -0.15) is 0 Å². The van der Waals surface area contributed by atoms with Gasteiger partial charge in [-0.25, -0.2) is 0 Å². The maximum Gasteiger partial charge on any atom is 0.305 e. The lowest BCUT2D eigenvalue weighted by Gasteiger charge is -2.14. The molecule has 0 radical (unpaired) electrons. The fourth-order valence-electron chi connectivity index (χ4n) is 2.69. The van der Waals surface area contributed by atoms with Gasteiger partial charge in [-0.1, -0.05) is 18.2 Å². The first kappa shape index (κ1) is 16.6. The molecule has 0 saturated carbocycles. The quantitative estimate of drug-likeness (QED) is 0.703. The summed E-state index contributed by atoms with van der Waals surface area (Å²) < 4.78 is 7.37. The second-order valence-electron chi connectivity index (χ2n) is 5.81. The predicted octanol–water partition coefficient (Wildman–Crippen LogP) is 3.09. The second kappa shape index (κ2) is 7.99. The maximum absolute atomic E-state index is 11.5. The van der Waals surface area contributed by atoms with E-state index >= 15 is 0 Å². The summed E-state index contributed by atoms with van der Waals surface area (Å²) >= 11 is 0. The number of hydrogen-bond donors (Lipinski definition) is 0. The fraction of sp³-hybridized carbons (Fsp3) is 0.500. The molecule has 1 aromatic heterocycles. The summed E-state index contributed by atoms with van der Waals surface area (Å²) in [5.74, 6) is -0.0987. The van der Waals surface area contributed by atoms with Crippen LogP contribution < -0.4 is 0 Å². The first-order chi connectivity index (χ1) is 10.6. The summed E-state index contributed by atoms with van der Waals surface area (Å²) in [7, 11) is 4.18.